The van der Waals surface area contributed by atoms with E-state index in [2.05, 4.69) is 30.4 Å². The fourth-order valence-electron chi connectivity index (χ4n) is 1.05. The van der Waals surface area contributed by atoms with Gasteiger partial charge in [0.05, 0.1) is 0 Å². The minimum absolute atomic E-state index is 0.119. The van der Waals surface area contributed by atoms with Crippen LogP contribution < -0.4 is 10.6 Å². The lowest BCUT2D eigenvalue weighted by Gasteiger charge is -2.07. The van der Waals surface area contributed by atoms with Gasteiger partial charge >= 0.3 is 0 Å². The maximum atomic E-state index is 11.3. The first-order valence-electron chi connectivity index (χ1n) is 5.57. The van der Waals surface area contributed by atoms with Crippen LogP contribution in [-0.4, -0.2) is 25.5 Å². The Labute approximate surface area is 93.0 Å². The molecule has 1 amide bonds. The molecule has 0 heterocycles. The van der Waals surface area contributed by atoms with Crippen LogP contribution >= 0.6 is 0 Å². The van der Waals surface area contributed by atoms with Crippen molar-refractivity contribution in [3.8, 4) is 12.3 Å². The molecule has 0 atom stereocenters. The van der Waals surface area contributed by atoms with E-state index in [1.165, 1.54) is 0 Å². The van der Waals surface area contributed by atoms with Crippen LogP contribution in [0.1, 0.15) is 33.1 Å². The molecule has 0 rings (SSSR count). The van der Waals surface area contributed by atoms with Crippen molar-refractivity contribution in [2.45, 2.75) is 33.1 Å². The van der Waals surface area contributed by atoms with E-state index in [1.54, 1.807) is 0 Å². The number of nitrogens with one attached hydrogen (secondary N) is 2. The Balaban J connectivity index is 3.21. The quantitative estimate of drug-likeness (QED) is 0.466. The van der Waals surface area contributed by atoms with Gasteiger partial charge in [-0.05, 0) is 18.9 Å². The van der Waals surface area contributed by atoms with Gasteiger partial charge in [-0.25, -0.2) is 0 Å². The maximum Gasteiger partial charge on any atom is 0.221 e. The first kappa shape index (κ1) is 14.0. The number of carbonyl (C=O) groups is 1. The second-order valence-corrected chi connectivity index (χ2v) is 4.01. The molecule has 0 spiro atoms. The van der Waals surface area contributed by atoms with E-state index in [1.807, 2.05) is 0 Å². The first-order chi connectivity index (χ1) is 7.16. The number of hydrogen-bond acceptors (Lipinski definition) is 2. The Hall–Kier alpha value is -1.01. The molecule has 2 N–H and O–H groups in total. The predicted molar refractivity (Wildman–Crippen MR) is 63.4 cm³/mol. The third-order valence-corrected chi connectivity index (χ3v) is 1.91. The Morgan fingerprint density at radius 3 is 2.73 bits per heavy atom. The van der Waals surface area contributed by atoms with Crippen LogP contribution in [0.5, 0.6) is 0 Å². The number of rotatable bonds is 8. The molecule has 0 saturated carbocycles. The monoisotopic (exact) mass is 210 g/mol. The zero-order valence-corrected chi connectivity index (χ0v) is 9.81. The largest absolute Gasteiger partial charge is 0.356 e. The van der Waals surface area contributed by atoms with Gasteiger partial charge in [0.2, 0.25) is 5.91 Å². The molecule has 0 aromatic heterocycles. The number of hydrogen-bond donors (Lipinski definition) is 2. The molecule has 15 heavy (non-hydrogen) atoms. The lowest BCUT2D eigenvalue weighted by atomic mass is 10.2. The minimum Gasteiger partial charge on any atom is -0.356 e. The summed E-state index contributed by atoms with van der Waals surface area (Å²) in [5, 5.41) is 6.06. The summed E-state index contributed by atoms with van der Waals surface area (Å²) in [5.74, 6) is 3.21. The predicted octanol–water partition coefficient (Wildman–Crippen LogP) is 1.15. The fourth-order valence-corrected chi connectivity index (χ4v) is 1.05. The highest BCUT2D eigenvalue weighted by Gasteiger charge is 2.00. The van der Waals surface area contributed by atoms with Gasteiger partial charge in [0.25, 0.3) is 0 Å². The Kier molecular flexibility index (Phi) is 8.90. The van der Waals surface area contributed by atoms with Crippen molar-refractivity contribution in [3.63, 3.8) is 0 Å². The van der Waals surface area contributed by atoms with E-state index in [0.29, 0.717) is 12.3 Å². The number of amides is 1. The smallest absolute Gasteiger partial charge is 0.221 e. The molecule has 0 aliphatic heterocycles. The summed E-state index contributed by atoms with van der Waals surface area (Å²) in [6, 6.07) is 0. The lowest BCUT2D eigenvalue weighted by molar-refractivity contribution is -0.121. The van der Waals surface area contributed by atoms with Crippen LogP contribution in [0.3, 0.4) is 0 Å². The van der Waals surface area contributed by atoms with E-state index in [-0.39, 0.29) is 5.91 Å². The highest BCUT2D eigenvalue weighted by Crippen LogP contribution is 1.88. The van der Waals surface area contributed by atoms with Crippen molar-refractivity contribution in [1.29, 1.82) is 0 Å². The van der Waals surface area contributed by atoms with Gasteiger partial charge in [0.15, 0.2) is 0 Å². The summed E-state index contributed by atoms with van der Waals surface area (Å²) >= 11 is 0. The molecular weight excluding hydrogens is 188 g/mol. The van der Waals surface area contributed by atoms with E-state index >= 15 is 0 Å². The van der Waals surface area contributed by atoms with Crippen LogP contribution in [0.2, 0.25) is 0 Å². The molecule has 0 bridgehead atoms. The van der Waals surface area contributed by atoms with Crippen molar-refractivity contribution < 1.29 is 4.79 Å². The molecule has 0 aliphatic rings. The molecule has 3 nitrogen and oxygen atoms in total. The van der Waals surface area contributed by atoms with Crippen molar-refractivity contribution in [1.82, 2.24) is 10.6 Å². The summed E-state index contributed by atoms with van der Waals surface area (Å²) in [4.78, 5) is 11.3. The normalized spacial score (nSPS) is 10.0. The van der Waals surface area contributed by atoms with Crippen LogP contribution in [0.15, 0.2) is 0 Å². The number of unbranched alkanes of at least 4 members (excludes halogenated alkanes) is 1. The SMILES string of the molecule is C#CCCCNCCC(=O)NCC(C)C. The molecule has 86 valence electrons. The number of terminal acetylenes is 1. The molecule has 0 saturated heterocycles. The third-order valence-electron chi connectivity index (χ3n) is 1.91. The van der Waals surface area contributed by atoms with Crippen LogP contribution in [0, 0.1) is 18.3 Å². The molecular formula is C12H22N2O. The van der Waals surface area contributed by atoms with Crippen molar-refractivity contribution in [2.24, 2.45) is 5.92 Å². The molecule has 0 fully saturated rings. The van der Waals surface area contributed by atoms with Gasteiger partial charge in [-0.1, -0.05) is 13.8 Å². The Morgan fingerprint density at radius 2 is 2.13 bits per heavy atom. The second-order valence-electron chi connectivity index (χ2n) is 4.01. The van der Waals surface area contributed by atoms with Gasteiger partial charge in [-0.3, -0.25) is 4.79 Å². The third kappa shape index (κ3) is 10.9. The number of carbonyl (C=O) groups excluding carboxylic acids is 1. The summed E-state index contributed by atoms with van der Waals surface area (Å²) < 4.78 is 0. The van der Waals surface area contributed by atoms with Crippen LogP contribution in [0.25, 0.3) is 0 Å². The molecule has 0 aromatic carbocycles. The zero-order valence-electron chi connectivity index (χ0n) is 9.81. The van der Waals surface area contributed by atoms with Gasteiger partial charge in [-0.15, -0.1) is 12.3 Å². The van der Waals surface area contributed by atoms with Gasteiger partial charge in [0.1, 0.15) is 0 Å². The van der Waals surface area contributed by atoms with Crippen LogP contribution in [-0.2, 0) is 4.79 Å². The van der Waals surface area contributed by atoms with E-state index < -0.39 is 0 Å². The summed E-state index contributed by atoms with van der Waals surface area (Å²) in [7, 11) is 0. The average molecular weight is 210 g/mol. The lowest BCUT2D eigenvalue weighted by Crippen LogP contribution is -2.30. The van der Waals surface area contributed by atoms with Crippen molar-refractivity contribution in [2.75, 3.05) is 19.6 Å². The minimum atomic E-state index is 0.119. The standard InChI is InChI=1S/C12H22N2O/c1-4-5-6-8-13-9-7-12(15)14-10-11(2)3/h1,11,13H,5-10H2,2-3H3,(H,14,15). The summed E-state index contributed by atoms with van der Waals surface area (Å²) in [5.41, 5.74) is 0. The summed E-state index contributed by atoms with van der Waals surface area (Å²) in [6.07, 6.45) is 7.44. The van der Waals surface area contributed by atoms with Crippen molar-refractivity contribution in [3.05, 3.63) is 0 Å². The highest BCUT2D eigenvalue weighted by atomic mass is 16.1. The molecule has 0 unspecified atom stereocenters. The molecule has 0 aliphatic carbocycles. The summed E-state index contributed by atoms with van der Waals surface area (Å²) in [6.45, 7) is 6.54. The Morgan fingerprint density at radius 1 is 1.40 bits per heavy atom. The fraction of sp³-hybridized carbons (Fsp3) is 0.750. The maximum absolute atomic E-state index is 11.3. The second kappa shape index (κ2) is 9.54. The topological polar surface area (TPSA) is 41.1 Å². The highest BCUT2D eigenvalue weighted by molar-refractivity contribution is 5.76. The van der Waals surface area contributed by atoms with Gasteiger partial charge < -0.3 is 10.6 Å². The average Bonchev–Trinajstić information content (AvgIpc) is 2.20. The van der Waals surface area contributed by atoms with E-state index in [9.17, 15) is 4.79 Å². The van der Waals surface area contributed by atoms with E-state index in [4.69, 9.17) is 6.42 Å². The van der Waals surface area contributed by atoms with Gasteiger partial charge in [-0.2, -0.15) is 0 Å². The van der Waals surface area contributed by atoms with Crippen LogP contribution in [0.4, 0.5) is 0 Å². The molecule has 0 radical (unpaired) electrons. The Bertz CT molecular complexity index is 206. The van der Waals surface area contributed by atoms with Gasteiger partial charge in [0, 0.05) is 25.9 Å². The van der Waals surface area contributed by atoms with E-state index in [0.717, 1.165) is 32.5 Å². The molecule has 3 heteroatoms. The first-order valence-corrected chi connectivity index (χ1v) is 5.57. The van der Waals surface area contributed by atoms with Crippen molar-refractivity contribution >= 4 is 5.91 Å². The molecule has 0 aromatic rings. The zero-order chi connectivity index (χ0) is 11.5.